The highest BCUT2D eigenvalue weighted by Crippen LogP contribution is 2.37. The highest BCUT2D eigenvalue weighted by molar-refractivity contribution is 9.10. The second-order valence-corrected chi connectivity index (χ2v) is 11.9. The molecule has 3 atom stereocenters. The molecule has 180 valence electrons. The predicted octanol–water partition coefficient (Wildman–Crippen LogP) is 5.06. The predicted molar refractivity (Wildman–Crippen MR) is 134 cm³/mol. The summed E-state index contributed by atoms with van der Waals surface area (Å²) in [6, 6.07) is 7.18. The van der Waals surface area contributed by atoms with Crippen LogP contribution in [0, 0.1) is 5.41 Å². The van der Waals surface area contributed by atoms with Crippen LogP contribution in [0.5, 0.6) is 0 Å². The summed E-state index contributed by atoms with van der Waals surface area (Å²) in [7, 11) is 0. The number of hydrogen-bond acceptors (Lipinski definition) is 4. The Morgan fingerprint density at radius 1 is 1.12 bits per heavy atom. The minimum absolute atomic E-state index is 0.201. The molecule has 2 N–H and O–H groups in total. The van der Waals surface area contributed by atoms with Gasteiger partial charge in [0.05, 0.1) is 12.1 Å². The Balaban J connectivity index is 1.76. The van der Waals surface area contributed by atoms with Crippen molar-refractivity contribution < 1.29 is 19.4 Å². The van der Waals surface area contributed by atoms with E-state index in [0.29, 0.717) is 6.42 Å². The number of aliphatic hydroxyl groups excluding tert-OH is 1. The van der Waals surface area contributed by atoms with Crippen LogP contribution in [0.15, 0.2) is 46.5 Å². The minimum Gasteiger partial charge on any atom is -0.444 e. The van der Waals surface area contributed by atoms with E-state index in [1.54, 1.807) is 25.7 Å². The molecule has 1 aliphatic heterocycles. The molecule has 1 saturated heterocycles. The quantitative estimate of drug-likeness (QED) is 0.583. The van der Waals surface area contributed by atoms with E-state index in [2.05, 4.69) is 45.5 Å². The average Bonchev–Trinajstić information content (AvgIpc) is 3.30. The Bertz CT molecular complexity index is 954. The third-order valence-electron chi connectivity index (χ3n) is 5.87. The fourth-order valence-electron chi connectivity index (χ4n) is 4.29. The van der Waals surface area contributed by atoms with Crippen molar-refractivity contribution in [3.8, 4) is 0 Å². The summed E-state index contributed by atoms with van der Waals surface area (Å²) >= 11 is 3.47. The fraction of sp³-hybridized carbons (Fsp3) is 0.538. The lowest BCUT2D eigenvalue weighted by Crippen LogP contribution is -2.56. The zero-order valence-corrected chi connectivity index (χ0v) is 21.9. The number of carbonyl (C=O) groups is 2. The standard InChI is InChI=1S/C26H35BrN2O4/c1-25(2,3)22(28-24(32)33-26(4,5)6)23(31)29-15-20(30)14-21(29)18-8-7-17(13-18)16-9-11-19(27)12-10-16/h7-12,20-22,30H,13-15H2,1-6H3,(H,28,32)/t20-,21+,22?/m1/s1. The van der Waals surface area contributed by atoms with Gasteiger partial charge in [-0.1, -0.05) is 61.0 Å². The Morgan fingerprint density at radius 2 is 1.76 bits per heavy atom. The van der Waals surface area contributed by atoms with E-state index in [0.717, 1.165) is 22.0 Å². The van der Waals surface area contributed by atoms with E-state index in [9.17, 15) is 14.7 Å². The molecule has 0 aromatic heterocycles. The highest BCUT2D eigenvalue weighted by Gasteiger charge is 2.43. The second kappa shape index (κ2) is 9.63. The average molecular weight is 519 g/mol. The Labute approximate surface area is 205 Å². The van der Waals surface area contributed by atoms with Crippen LogP contribution in [0.25, 0.3) is 5.57 Å². The second-order valence-electron chi connectivity index (χ2n) is 11.0. The number of allylic oxidation sites excluding steroid dienone is 3. The molecule has 33 heavy (non-hydrogen) atoms. The monoisotopic (exact) mass is 518 g/mol. The summed E-state index contributed by atoms with van der Waals surface area (Å²) < 4.78 is 6.43. The Hall–Kier alpha value is -2.12. The van der Waals surface area contributed by atoms with Gasteiger partial charge in [0.25, 0.3) is 0 Å². The van der Waals surface area contributed by atoms with Crippen molar-refractivity contribution in [1.29, 1.82) is 0 Å². The molecule has 1 heterocycles. The van der Waals surface area contributed by atoms with E-state index < -0.39 is 29.3 Å². The number of halogens is 1. The van der Waals surface area contributed by atoms with Gasteiger partial charge in [0.1, 0.15) is 11.6 Å². The minimum atomic E-state index is -0.777. The van der Waals surface area contributed by atoms with E-state index in [4.69, 9.17) is 4.74 Å². The summed E-state index contributed by atoms with van der Waals surface area (Å²) in [5.41, 5.74) is 2.23. The molecule has 0 bridgehead atoms. The maximum atomic E-state index is 13.7. The van der Waals surface area contributed by atoms with Crippen LogP contribution in [0.2, 0.25) is 0 Å². The number of benzene rings is 1. The maximum absolute atomic E-state index is 13.7. The molecule has 0 spiro atoms. The van der Waals surface area contributed by atoms with Crippen molar-refractivity contribution >= 4 is 33.5 Å². The van der Waals surface area contributed by atoms with Crippen molar-refractivity contribution in [1.82, 2.24) is 10.2 Å². The van der Waals surface area contributed by atoms with Crippen molar-refractivity contribution in [3.63, 3.8) is 0 Å². The largest absolute Gasteiger partial charge is 0.444 e. The number of β-amino-alcohol motifs (C(OH)–C–C–N with tert-alkyl or cyclic N) is 1. The van der Waals surface area contributed by atoms with Gasteiger partial charge in [0.15, 0.2) is 0 Å². The highest BCUT2D eigenvalue weighted by atomic mass is 79.9. The molecule has 3 rings (SSSR count). The first-order valence-electron chi connectivity index (χ1n) is 11.4. The molecule has 7 heteroatoms. The number of amides is 2. The molecular weight excluding hydrogens is 484 g/mol. The molecule has 1 aromatic carbocycles. The molecule has 1 unspecified atom stereocenters. The normalized spacial score (nSPS) is 22.0. The molecular formula is C26H35BrN2O4. The first-order chi connectivity index (χ1) is 15.2. The Morgan fingerprint density at radius 3 is 2.33 bits per heavy atom. The fourth-order valence-corrected chi connectivity index (χ4v) is 4.55. The van der Waals surface area contributed by atoms with Crippen LogP contribution in [0.3, 0.4) is 0 Å². The molecule has 1 aromatic rings. The molecule has 2 amide bonds. The summed E-state index contributed by atoms with van der Waals surface area (Å²) in [5, 5.41) is 13.2. The van der Waals surface area contributed by atoms with Gasteiger partial charge in [-0.3, -0.25) is 4.79 Å². The van der Waals surface area contributed by atoms with Gasteiger partial charge < -0.3 is 20.1 Å². The SMILES string of the molecule is CC(C)(C)OC(=O)NC(C(=O)N1C[C@H](O)C[C@H]1C1=CC=C(c2ccc(Br)cc2)C1)C(C)(C)C. The Kier molecular flexibility index (Phi) is 7.44. The smallest absolute Gasteiger partial charge is 0.408 e. The van der Waals surface area contributed by atoms with E-state index in [1.165, 1.54) is 5.57 Å². The van der Waals surface area contributed by atoms with Gasteiger partial charge in [0.2, 0.25) is 5.91 Å². The zero-order chi connectivity index (χ0) is 24.6. The third kappa shape index (κ3) is 6.48. The van der Waals surface area contributed by atoms with Crippen molar-refractivity contribution in [2.24, 2.45) is 5.41 Å². The topological polar surface area (TPSA) is 78.9 Å². The molecule has 0 radical (unpaired) electrons. The molecule has 0 saturated carbocycles. The zero-order valence-electron chi connectivity index (χ0n) is 20.3. The van der Waals surface area contributed by atoms with Gasteiger partial charge in [0, 0.05) is 11.0 Å². The molecule has 6 nitrogen and oxygen atoms in total. The lowest BCUT2D eigenvalue weighted by Gasteiger charge is -2.36. The van der Waals surface area contributed by atoms with Crippen LogP contribution in [0.4, 0.5) is 4.79 Å². The van der Waals surface area contributed by atoms with Crippen molar-refractivity contribution in [3.05, 3.63) is 52.0 Å². The van der Waals surface area contributed by atoms with Gasteiger partial charge in [-0.15, -0.1) is 0 Å². The van der Waals surface area contributed by atoms with Gasteiger partial charge >= 0.3 is 6.09 Å². The summed E-state index contributed by atoms with van der Waals surface area (Å²) in [6.07, 6.45) is 4.15. The first-order valence-corrected chi connectivity index (χ1v) is 12.2. The number of nitrogens with zero attached hydrogens (tertiary/aromatic N) is 1. The summed E-state index contributed by atoms with van der Waals surface area (Å²) in [6.45, 7) is 11.3. The maximum Gasteiger partial charge on any atom is 0.408 e. The number of carbonyl (C=O) groups excluding carboxylic acids is 2. The van der Waals surface area contributed by atoms with Gasteiger partial charge in [-0.25, -0.2) is 4.79 Å². The number of nitrogens with one attached hydrogen (secondary N) is 1. The molecule has 1 aliphatic carbocycles. The number of ether oxygens (including phenoxy) is 1. The van der Waals surface area contributed by atoms with Crippen LogP contribution < -0.4 is 5.32 Å². The van der Waals surface area contributed by atoms with Crippen LogP contribution >= 0.6 is 15.9 Å². The number of likely N-dealkylation sites (tertiary alicyclic amines) is 1. The summed E-state index contributed by atoms with van der Waals surface area (Å²) in [4.78, 5) is 27.9. The van der Waals surface area contributed by atoms with Crippen LogP contribution in [0.1, 0.15) is 59.9 Å². The van der Waals surface area contributed by atoms with E-state index in [-0.39, 0.29) is 18.5 Å². The number of alkyl carbamates (subject to hydrolysis) is 1. The van der Waals surface area contributed by atoms with Crippen LogP contribution in [-0.4, -0.2) is 52.3 Å². The number of hydrogen-bond donors (Lipinski definition) is 2. The van der Waals surface area contributed by atoms with Crippen molar-refractivity contribution in [2.45, 2.75) is 78.2 Å². The van der Waals surface area contributed by atoms with Gasteiger partial charge in [-0.2, -0.15) is 0 Å². The third-order valence-corrected chi connectivity index (χ3v) is 6.40. The molecule has 2 aliphatic rings. The molecule has 1 fully saturated rings. The van der Waals surface area contributed by atoms with Gasteiger partial charge in [-0.05, 0) is 67.9 Å². The number of rotatable bonds is 4. The lowest BCUT2D eigenvalue weighted by molar-refractivity contribution is -0.136. The van der Waals surface area contributed by atoms with Crippen LogP contribution in [-0.2, 0) is 9.53 Å². The lowest BCUT2D eigenvalue weighted by atomic mass is 9.85. The van der Waals surface area contributed by atoms with E-state index in [1.807, 2.05) is 32.9 Å². The first kappa shape index (κ1) is 25.5. The van der Waals surface area contributed by atoms with Crippen molar-refractivity contribution in [2.75, 3.05) is 6.54 Å². The summed E-state index contributed by atoms with van der Waals surface area (Å²) in [5.74, 6) is -0.201. The van der Waals surface area contributed by atoms with E-state index >= 15 is 0 Å². The number of aliphatic hydroxyl groups is 1.